The minimum Gasteiger partial charge on any atom is -0.366 e. The number of pyridine rings is 1. The van der Waals surface area contributed by atoms with Gasteiger partial charge in [-0.3, -0.25) is 24.7 Å². The Morgan fingerprint density at radius 2 is 1.86 bits per heavy atom. The Hall–Kier alpha value is -4.43. The van der Waals surface area contributed by atoms with E-state index in [1.165, 1.54) is 9.58 Å². The molecule has 4 rings (SSSR count). The molecule has 3 aromatic rings. The molecule has 1 fully saturated rings. The van der Waals surface area contributed by atoms with Gasteiger partial charge in [0.1, 0.15) is 11.5 Å². The van der Waals surface area contributed by atoms with Crippen molar-refractivity contribution >= 4 is 29.3 Å². The van der Waals surface area contributed by atoms with Crippen LogP contribution in [0.2, 0.25) is 0 Å². The van der Waals surface area contributed by atoms with Crippen LogP contribution in [-0.2, 0) is 17.3 Å². The van der Waals surface area contributed by atoms with Gasteiger partial charge in [-0.05, 0) is 28.3 Å². The van der Waals surface area contributed by atoms with Crippen LogP contribution in [0.4, 0.5) is 40.8 Å². The first-order chi connectivity index (χ1) is 19.8. The number of nitro benzene ring substituents is 1. The number of hydrogen-bond donors (Lipinski definition) is 1. The van der Waals surface area contributed by atoms with Gasteiger partial charge in [-0.1, -0.05) is 0 Å². The van der Waals surface area contributed by atoms with Crippen LogP contribution >= 0.6 is 11.8 Å². The Morgan fingerprint density at radius 3 is 2.40 bits per heavy atom. The number of halogens is 8. The van der Waals surface area contributed by atoms with E-state index in [2.05, 4.69) is 20.5 Å². The summed E-state index contributed by atoms with van der Waals surface area (Å²) in [7, 11) is 1.58. The van der Waals surface area contributed by atoms with Gasteiger partial charge in [0.25, 0.3) is 5.69 Å². The minimum atomic E-state index is -6.71. The lowest BCUT2D eigenvalue weighted by molar-refractivity contribution is -0.384. The Labute approximate surface area is 238 Å². The third kappa shape index (κ3) is 5.79. The minimum absolute atomic E-state index is 0.0729. The normalized spacial score (nSPS) is 16.2. The van der Waals surface area contributed by atoms with Gasteiger partial charge in [0.2, 0.25) is 17.0 Å². The highest BCUT2D eigenvalue weighted by Crippen LogP contribution is 2.52. The lowest BCUT2D eigenvalue weighted by Crippen LogP contribution is -2.50. The number of benzene rings is 1. The molecule has 0 aliphatic carbocycles. The maximum Gasteiger partial charge on any atom is 0.460 e. The second-order valence-electron chi connectivity index (χ2n) is 9.28. The van der Waals surface area contributed by atoms with Gasteiger partial charge in [-0.2, -0.15) is 30.7 Å². The fraction of sp³-hybridized carbons (Fsp3) is 0.364. The highest BCUT2D eigenvalue weighted by molar-refractivity contribution is 7.99. The predicted octanol–water partition coefficient (Wildman–Crippen LogP) is 3.80. The molecule has 21 heteroatoms. The molecule has 0 radical (unpaired) electrons. The zero-order valence-corrected chi connectivity index (χ0v) is 22.1. The summed E-state index contributed by atoms with van der Waals surface area (Å²) >= 11 is 0.510. The van der Waals surface area contributed by atoms with Crippen molar-refractivity contribution in [2.75, 3.05) is 13.6 Å². The molecule has 43 heavy (non-hydrogen) atoms. The van der Waals surface area contributed by atoms with Crippen LogP contribution in [-0.4, -0.2) is 72.5 Å². The van der Waals surface area contributed by atoms with Crippen LogP contribution in [0, 0.1) is 21.8 Å². The first-order valence-electron chi connectivity index (χ1n) is 11.6. The number of likely N-dealkylation sites (tertiary alicyclic amines) is 1. The molecular weight excluding hydrogens is 624 g/mol. The number of primary amides is 1. The van der Waals surface area contributed by atoms with Gasteiger partial charge in [0, 0.05) is 60.3 Å². The van der Waals surface area contributed by atoms with E-state index in [4.69, 9.17) is 5.73 Å². The highest BCUT2D eigenvalue weighted by atomic mass is 32.2. The number of nitrogens with two attached hydrogens (primary N) is 1. The average molecular weight is 640 g/mol. The molecule has 2 amide bonds. The van der Waals surface area contributed by atoms with E-state index < -0.39 is 62.7 Å². The maximum absolute atomic E-state index is 15.2. The second-order valence-corrected chi connectivity index (χ2v) is 10.3. The van der Waals surface area contributed by atoms with Crippen LogP contribution in [0.25, 0.3) is 11.3 Å². The van der Waals surface area contributed by atoms with Gasteiger partial charge >= 0.3 is 18.0 Å². The highest BCUT2D eigenvalue weighted by Gasteiger charge is 2.73. The largest absolute Gasteiger partial charge is 0.460 e. The first kappa shape index (κ1) is 31.5. The van der Waals surface area contributed by atoms with E-state index in [0.717, 1.165) is 0 Å². The number of nitro groups is 1. The number of amides is 2. The Morgan fingerprint density at radius 1 is 1.19 bits per heavy atom. The average Bonchev–Trinajstić information content (AvgIpc) is 3.47. The standard InChI is InChI=1S/C22H16F8N8O4S/c1-36-7-9(2-15(36)39)8-37-19(33-34-35-37)43-17-12(4-11(38(41)42)5-13(17)18(31)40)16-14(23)3-10(6-32-16)20(24,25)21(26,27)22(28,29)30/h3-6,9H,2,7-8H2,1H3,(H2,31,40). The molecule has 1 atom stereocenters. The van der Waals surface area contributed by atoms with E-state index in [1.54, 1.807) is 7.05 Å². The van der Waals surface area contributed by atoms with Crippen LogP contribution in [0.3, 0.4) is 0 Å². The zero-order valence-electron chi connectivity index (χ0n) is 21.3. The predicted molar refractivity (Wildman–Crippen MR) is 127 cm³/mol. The van der Waals surface area contributed by atoms with Gasteiger partial charge < -0.3 is 10.6 Å². The summed E-state index contributed by atoms with van der Waals surface area (Å²) in [6, 6.07) is 1.02. The van der Waals surface area contributed by atoms with Crippen molar-refractivity contribution in [2.45, 2.75) is 41.0 Å². The van der Waals surface area contributed by atoms with Gasteiger partial charge in [0.05, 0.1) is 17.0 Å². The van der Waals surface area contributed by atoms with E-state index in [-0.39, 0.29) is 47.1 Å². The van der Waals surface area contributed by atoms with Crippen LogP contribution in [0.5, 0.6) is 0 Å². The Balaban J connectivity index is 1.83. The number of alkyl halides is 7. The smallest absolute Gasteiger partial charge is 0.366 e. The van der Waals surface area contributed by atoms with Crippen molar-refractivity contribution in [3.63, 3.8) is 0 Å². The lowest BCUT2D eigenvalue weighted by Gasteiger charge is -2.28. The summed E-state index contributed by atoms with van der Waals surface area (Å²) < 4.78 is 110. The summed E-state index contributed by atoms with van der Waals surface area (Å²) in [4.78, 5) is 39.1. The molecule has 3 heterocycles. The van der Waals surface area contributed by atoms with Crippen molar-refractivity contribution in [3.05, 3.63) is 51.5 Å². The van der Waals surface area contributed by atoms with Crippen molar-refractivity contribution in [1.29, 1.82) is 0 Å². The molecular formula is C22H16F8N8O4S. The number of aromatic nitrogens is 5. The van der Waals surface area contributed by atoms with Gasteiger partial charge in [-0.15, -0.1) is 5.10 Å². The maximum atomic E-state index is 15.2. The van der Waals surface area contributed by atoms with E-state index in [1.807, 2.05) is 0 Å². The number of non-ortho nitro benzene ring substituents is 1. The topological polar surface area (TPSA) is 163 Å². The fourth-order valence-electron chi connectivity index (χ4n) is 4.15. The van der Waals surface area contributed by atoms with Crippen molar-refractivity contribution in [1.82, 2.24) is 30.1 Å². The first-order valence-corrected chi connectivity index (χ1v) is 12.5. The molecule has 0 bridgehead atoms. The summed E-state index contributed by atoms with van der Waals surface area (Å²) in [5, 5.41) is 22.5. The third-order valence-electron chi connectivity index (χ3n) is 6.30. The molecule has 1 saturated heterocycles. The summed E-state index contributed by atoms with van der Waals surface area (Å²) in [5.41, 5.74) is 0.0857. The molecule has 12 nitrogen and oxygen atoms in total. The molecule has 2 aromatic heterocycles. The van der Waals surface area contributed by atoms with Crippen molar-refractivity contribution in [3.8, 4) is 11.3 Å². The summed E-state index contributed by atoms with van der Waals surface area (Å²) in [5.74, 6) is -16.2. The SMILES string of the molecule is CN1CC(Cn2nnnc2Sc2c(C(N)=O)cc([N+](=O)[O-])cc2-c2ncc(C(F)(F)C(F)(F)C(F)(F)F)cc2F)CC1=O. The monoisotopic (exact) mass is 640 g/mol. The number of tetrazole rings is 1. The number of carbonyl (C=O) groups excluding carboxylic acids is 2. The zero-order chi connectivity index (χ0) is 32.1. The second kappa shape index (κ2) is 11.0. The third-order valence-corrected chi connectivity index (χ3v) is 7.42. The lowest BCUT2D eigenvalue weighted by atomic mass is 10.0. The van der Waals surface area contributed by atoms with E-state index >= 15 is 4.39 Å². The Bertz CT molecular complexity index is 1620. The van der Waals surface area contributed by atoms with Crippen LogP contribution < -0.4 is 5.73 Å². The number of carbonyl (C=O) groups is 2. The van der Waals surface area contributed by atoms with Crippen molar-refractivity contribution in [2.24, 2.45) is 11.7 Å². The molecule has 1 aliphatic rings. The molecule has 1 aliphatic heterocycles. The summed E-state index contributed by atoms with van der Waals surface area (Å²) in [6.45, 7) is 0.418. The van der Waals surface area contributed by atoms with Crippen LogP contribution in [0.1, 0.15) is 22.3 Å². The Kier molecular flexibility index (Phi) is 8.06. The van der Waals surface area contributed by atoms with Crippen molar-refractivity contribution < 1.29 is 49.6 Å². The molecule has 230 valence electrons. The summed E-state index contributed by atoms with van der Waals surface area (Å²) in [6.07, 6.45) is -6.72. The number of rotatable bonds is 9. The molecule has 0 saturated carbocycles. The molecule has 0 spiro atoms. The van der Waals surface area contributed by atoms with Gasteiger partial charge in [-0.25, -0.2) is 9.07 Å². The van der Waals surface area contributed by atoms with Crippen LogP contribution in [0.15, 0.2) is 34.4 Å². The van der Waals surface area contributed by atoms with Gasteiger partial charge in [0.15, 0.2) is 0 Å². The number of nitrogens with zero attached hydrogens (tertiary/aromatic N) is 7. The molecule has 2 N–H and O–H groups in total. The molecule has 1 unspecified atom stereocenters. The number of hydrogen-bond acceptors (Lipinski definition) is 9. The quantitative estimate of drug-likeness (QED) is 0.208. The van der Waals surface area contributed by atoms with E-state index in [0.29, 0.717) is 30.4 Å². The molecule has 1 aromatic carbocycles. The van der Waals surface area contributed by atoms with E-state index in [9.17, 15) is 50.4 Å². The fourth-order valence-corrected chi connectivity index (χ4v) is 5.17.